The molecule has 0 aliphatic rings. The van der Waals surface area contributed by atoms with Crippen LogP contribution in [0.1, 0.15) is 0 Å². The van der Waals surface area contributed by atoms with Crippen LogP contribution in [-0.4, -0.2) is 19.5 Å². The van der Waals surface area contributed by atoms with Crippen LogP contribution in [0, 0.1) is 0 Å². The summed E-state index contributed by atoms with van der Waals surface area (Å²) in [4.78, 5) is 15.1. The molecule has 3 aromatic heterocycles. The second kappa shape index (κ2) is 11.6. The molecule has 0 N–H and O–H groups in total. The Morgan fingerprint density at radius 1 is 0.380 bits per heavy atom. The van der Waals surface area contributed by atoms with Crippen molar-refractivity contribution in [3.8, 4) is 51.0 Å². The zero-order valence-corrected chi connectivity index (χ0v) is 27.7. The van der Waals surface area contributed by atoms with Crippen LogP contribution < -0.4 is 0 Å². The minimum Gasteiger partial charge on any atom is -0.309 e. The zero-order valence-electron chi connectivity index (χ0n) is 26.9. The first-order valence-electron chi connectivity index (χ1n) is 16.7. The second-order valence-corrected chi connectivity index (χ2v) is 13.5. The number of aromatic nitrogens is 4. The molecule has 7 aromatic carbocycles. The summed E-state index contributed by atoms with van der Waals surface area (Å²) in [5, 5.41) is 5.01. The third kappa shape index (κ3) is 4.71. The maximum atomic E-state index is 5.08. The van der Waals surface area contributed by atoms with E-state index < -0.39 is 0 Å². The van der Waals surface area contributed by atoms with Gasteiger partial charge in [-0.15, -0.1) is 11.3 Å². The van der Waals surface area contributed by atoms with Crippen LogP contribution in [0.3, 0.4) is 0 Å². The van der Waals surface area contributed by atoms with E-state index in [4.69, 9.17) is 15.0 Å². The Hall–Kier alpha value is -6.43. The summed E-state index contributed by atoms with van der Waals surface area (Å²) in [5.74, 6) is 1.96. The molecular weight excluding hydrogens is 629 g/mol. The number of fused-ring (bicyclic) bond motifs is 6. The monoisotopic (exact) mass is 656 g/mol. The fraction of sp³-hybridized carbons (Fsp3) is 0. The van der Waals surface area contributed by atoms with E-state index in [9.17, 15) is 0 Å². The number of hydrogen-bond donors (Lipinski definition) is 0. The summed E-state index contributed by atoms with van der Waals surface area (Å²) in [6, 6.07) is 59.7. The smallest absolute Gasteiger partial charge is 0.164 e. The Morgan fingerprint density at radius 2 is 0.880 bits per heavy atom. The van der Waals surface area contributed by atoms with E-state index in [0.29, 0.717) is 17.5 Å². The number of hydrogen-bond acceptors (Lipinski definition) is 4. The maximum absolute atomic E-state index is 5.08. The summed E-state index contributed by atoms with van der Waals surface area (Å²) >= 11 is 1.82. The molecule has 3 heterocycles. The Bertz CT molecular complexity index is 2750. The Kier molecular flexibility index (Phi) is 6.64. The molecular formula is C45H28N4S. The van der Waals surface area contributed by atoms with Crippen molar-refractivity contribution >= 4 is 53.3 Å². The number of para-hydroxylation sites is 2. The first-order chi connectivity index (χ1) is 24.8. The average molecular weight is 657 g/mol. The molecule has 0 fully saturated rings. The highest BCUT2D eigenvalue weighted by Crippen LogP contribution is 2.44. The quantitative estimate of drug-likeness (QED) is 0.185. The van der Waals surface area contributed by atoms with Gasteiger partial charge in [0.1, 0.15) is 0 Å². The summed E-state index contributed by atoms with van der Waals surface area (Å²) < 4.78 is 4.82. The Balaban J connectivity index is 1.21. The zero-order chi connectivity index (χ0) is 33.0. The molecule has 0 amide bonds. The van der Waals surface area contributed by atoms with Gasteiger partial charge in [0.2, 0.25) is 0 Å². The lowest BCUT2D eigenvalue weighted by Gasteiger charge is -2.11. The van der Waals surface area contributed by atoms with Gasteiger partial charge in [-0.05, 0) is 47.5 Å². The van der Waals surface area contributed by atoms with Crippen LogP contribution in [0.15, 0.2) is 170 Å². The molecule has 234 valence electrons. The summed E-state index contributed by atoms with van der Waals surface area (Å²) in [6.45, 7) is 0. The minimum absolute atomic E-state index is 0.653. The molecule has 0 saturated heterocycles. The maximum Gasteiger partial charge on any atom is 0.164 e. The molecule has 0 saturated carbocycles. The van der Waals surface area contributed by atoms with E-state index in [-0.39, 0.29) is 0 Å². The predicted molar refractivity (Wildman–Crippen MR) is 209 cm³/mol. The molecule has 0 spiro atoms. The van der Waals surface area contributed by atoms with Gasteiger partial charge in [-0.2, -0.15) is 0 Å². The van der Waals surface area contributed by atoms with Crippen LogP contribution in [0.5, 0.6) is 0 Å². The Labute approximate surface area is 292 Å². The molecule has 10 rings (SSSR count). The van der Waals surface area contributed by atoms with E-state index in [2.05, 4.69) is 114 Å². The highest BCUT2D eigenvalue weighted by Gasteiger charge is 2.19. The normalized spacial score (nSPS) is 11.6. The van der Waals surface area contributed by atoms with Crippen molar-refractivity contribution in [2.45, 2.75) is 0 Å². The summed E-state index contributed by atoms with van der Waals surface area (Å²) in [7, 11) is 0. The van der Waals surface area contributed by atoms with Gasteiger partial charge in [0, 0.05) is 53.3 Å². The van der Waals surface area contributed by atoms with E-state index in [1.54, 1.807) is 0 Å². The molecule has 0 radical (unpaired) electrons. The van der Waals surface area contributed by atoms with Gasteiger partial charge >= 0.3 is 0 Å². The van der Waals surface area contributed by atoms with Gasteiger partial charge in [0.25, 0.3) is 0 Å². The molecule has 0 bridgehead atoms. The lowest BCUT2D eigenvalue weighted by molar-refractivity contribution is 1.07. The fourth-order valence-electron chi connectivity index (χ4n) is 7.15. The third-order valence-corrected chi connectivity index (χ3v) is 10.5. The Morgan fingerprint density at radius 3 is 1.46 bits per heavy atom. The highest BCUT2D eigenvalue weighted by molar-refractivity contribution is 7.26. The molecule has 0 aliphatic heterocycles. The molecule has 0 atom stereocenters. The van der Waals surface area contributed by atoms with Crippen LogP contribution in [0.4, 0.5) is 0 Å². The lowest BCUT2D eigenvalue weighted by atomic mass is 9.96. The van der Waals surface area contributed by atoms with Gasteiger partial charge in [-0.25, -0.2) is 15.0 Å². The topological polar surface area (TPSA) is 43.6 Å². The van der Waals surface area contributed by atoms with Gasteiger partial charge in [-0.3, -0.25) is 0 Å². The number of nitrogens with zero attached hydrogens (tertiary/aromatic N) is 4. The largest absolute Gasteiger partial charge is 0.309 e. The van der Waals surface area contributed by atoms with E-state index >= 15 is 0 Å². The number of thiophene rings is 1. The number of rotatable bonds is 5. The minimum atomic E-state index is 0.653. The van der Waals surface area contributed by atoms with Crippen molar-refractivity contribution in [3.05, 3.63) is 170 Å². The van der Waals surface area contributed by atoms with Crippen LogP contribution in [-0.2, 0) is 0 Å². The molecule has 0 aliphatic carbocycles. The van der Waals surface area contributed by atoms with Crippen molar-refractivity contribution in [1.82, 2.24) is 19.5 Å². The summed E-state index contributed by atoms with van der Waals surface area (Å²) in [5.41, 5.74) is 8.76. The van der Waals surface area contributed by atoms with Crippen molar-refractivity contribution < 1.29 is 0 Å². The predicted octanol–water partition coefficient (Wildman–Crippen LogP) is 12.0. The van der Waals surface area contributed by atoms with Gasteiger partial charge in [0.15, 0.2) is 17.5 Å². The van der Waals surface area contributed by atoms with Gasteiger partial charge in [-0.1, -0.05) is 133 Å². The molecule has 5 heteroatoms. The molecule has 50 heavy (non-hydrogen) atoms. The van der Waals surface area contributed by atoms with Crippen LogP contribution in [0.2, 0.25) is 0 Å². The van der Waals surface area contributed by atoms with E-state index in [1.807, 2.05) is 72.0 Å². The molecule has 10 aromatic rings. The molecule has 4 nitrogen and oxygen atoms in total. The van der Waals surface area contributed by atoms with Gasteiger partial charge < -0.3 is 4.57 Å². The van der Waals surface area contributed by atoms with Crippen molar-refractivity contribution in [3.63, 3.8) is 0 Å². The first kappa shape index (κ1) is 28.6. The standard InChI is InChI=1S/C45H28N4S/c1-4-14-29(15-5-1)37-26-32(45-47-43(30-16-6-2-7-17-30)46-44(48-45)31-18-8-3-9-19-31)27-41-42(37)36-25-24-33(28-40(36)50-41)49-38-22-12-10-20-34(38)35-21-11-13-23-39(35)49/h1-28H. The summed E-state index contributed by atoms with van der Waals surface area (Å²) in [6.07, 6.45) is 0. The van der Waals surface area contributed by atoms with E-state index in [0.717, 1.165) is 33.5 Å². The highest BCUT2D eigenvalue weighted by atomic mass is 32.1. The third-order valence-electron chi connectivity index (χ3n) is 9.44. The van der Waals surface area contributed by atoms with Crippen LogP contribution >= 0.6 is 11.3 Å². The molecule has 0 unspecified atom stereocenters. The van der Waals surface area contributed by atoms with Crippen molar-refractivity contribution in [2.24, 2.45) is 0 Å². The van der Waals surface area contributed by atoms with E-state index in [1.165, 1.54) is 42.0 Å². The lowest BCUT2D eigenvalue weighted by Crippen LogP contribution is -2.00. The van der Waals surface area contributed by atoms with Crippen LogP contribution in [0.25, 0.3) is 93.0 Å². The average Bonchev–Trinajstić information content (AvgIpc) is 3.73. The van der Waals surface area contributed by atoms with Crippen molar-refractivity contribution in [2.75, 3.05) is 0 Å². The van der Waals surface area contributed by atoms with Gasteiger partial charge in [0.05, 0.1) is 11.0 Å². The number of benzene rings is 7. The fourth-order valence-corrected chi connectivity index (χ4v) is 8.35. The second-order valence-electron chi connectivity index (χ2n) is 12.5. The first-order valence-corrected chi connectivity index (χ1v) is 17.5. The SMILES string of the molecule is c1ccc(-c2nc(-c3ccccc3)nc(-c3cc(-c4ccccc4)c4c(c3)sc3cc(-n5c6ccccc6c6ccccc65)ccc34)n2)cc1. The van der Waals surface area contributed by atoms with Crippen molar-refractivity contribution in [1.29, 1.82) is 0 Å².